The van der Waals surface area contributed by atoms with Crippen LogP contribution in [0.1, 0.15) is 5.69 Å². The van der Waals surface area contributed by atoms with Gasteiger partial charge in [-0.15, -0.1) is 0 Å². The highest BCUT2D eigenvalue weighted by atomic mass is 35.5. The van der Waals surface area contributed by atoms with E-state index in [-0.39, 0.29) is 30.7 Å². The molecule has 156 valence electrons. The lowest BCUT2D eigenvalue weighted by molar-refractivity contribution is -0.119. The third-order valence-corrected chi connectivity index (χ3v) is 4.47. The number of carbonyl (C=O) groups excluding carboxylic acids is 2. The summed E-state index contributed by atoms with van der Waals surface area (Å²) >= 11 is 6.03. The van der Waals surface area contributed by atoms with Crippen LogP contribution in [0.4, 0.5) is 15.9 Å². The maximum Gasteiger partial charge on any atom is 0.239 e. The van der Waals surface area contributed by atoms with Crippen LogP contribution in [0.5, 0.6) is 0 Å². The van der Waals surface area contributed by atoms with Crippen molar-refractivity contribution < 1.29 is 14.0 Å². The molecule has 0 aliphatic carbocycles. The molecule has 1 aromatic heterocycles. The Bertz CT molecular complexity index is 1050. The number of nitrogens with zero attached hydrogens (tertiary/aromatic N) is 3. The average Bonchev–Trinajstić information content (AvgIpc) is 3.03. The molecule has 0 spiro atoms. The van der Waals surface area contributed by atoms with Gasteiger partial charge in [0, 0.05) is 6.07 Å². The molecule has 2 N–H and O–H groups in total. The molecular formula is C21H21ClFN5O2. The van der Waals surface area contributed by atoms with Crippen LogP contribution < -0.4 is 10.6 Å². The minimum Gasteiger partial charge on any atom is -0.324 e. The van der Waals surface area contributed by atoms with Crippen molar-refractivity contribution in [2.75, 3.05) is 30.8 Å². The second-order valence-corrected chi connectivity index (χ2v) is 7.21. The number of hydrogen-bond donors (Lipinski definition) is 2. The van der Waals surface area contributed by atoms with E-state index >= 15 is 0 Å². The summed E-state index contributed by atoms with van der Waals surface area (Å²) in [7, 11) is 1.66. The van der Waals surface area contributed by atoms with Crippen molar-refractivity contribution in [3.05, 3.63) is 71.1 Å². The van der Waals surface area contributed by atoms with Crippen LogP contribution in [0.3, 0.4) is 0 Å². The van der Waals surface area contributed by atoms with E-state index in [1.54, 1.807) is 61.3 Å². The molecule has 2 aromatic carbocycles. The Hall–Kier alpha value is -3.23. The third-order valence-electron chi connectivity index (χ3n) is 4.15. The monoisotopic (exact) mass is 429 g/mol. The molecule has 1 heterocycles. The molecule has 0 unspecified atom stereocenters. The molecule has 0 saturated carbocycles. The van der Waals surface area contributed by atoms with E-state index < -0.39 is 0 Å². The Balaban J connectivity index is 1.58. The largest absolute Gasteiger partial charge is 0.324 e. The van der Waals surface area contributed by atoms with Gasteiger partial charge in [0.1, 0.15) is 11.6 Å². The molecule has 0 fully saturated rings. The maximum atomic E-state index is 13.2. The second-order valence-electron chi connectivity index (χ2n) is 6.81. The number of amides is 2. The van der Waals surface area contributed by atoms with Gasteiger partial charge in [-0.25, -0.2) is 9.07 Å². The van der Waals surface area contributed by atoms with Crippen LogP contribution in [0.15, 0.2) is 54.6 Å². The predicted molar refractivity (Wildman–Crippen MR) is 114 cm³/mol. The fourth-order valence-electron chi connectivity index (χ4n) is 2.85. The first-order valence-corrected chi connectivity index (χ1v) is 9.55. The highest BCUT2D eigenvalue weighted by molar-refractivity contribution is 6.33. The van der Waals surface area contributed by atoms with Gasteiger partial charge in [-0.05, 0) is 50.4 Å². The van der Waals surface area contributed by atoms with Gasteiger partial charge < -0.3 is 10.6 Å². The number of nitrogens with one attached hydrogen (secondary N) is 2. The third kappa shape index (κ3) is 5.65. The topological polar surface area (TPSA) is 79.3 Å². The number of aryl methyl sites for hydroxylation is 1. The molecule has 0 aliphatic heterocycles. The minimum atomic E-state index is -0.357. The van der Waals surface area contributed by atoms with E-state index in [1.807, 2.05) is 0 Å². The van der Waals surface area contributed by atoms with Gasteiger partial charge in [-0.3, -0.25) is 14.5 Å². The zero-order valence-corrected chi connectivity index (χ0v) is 17.3. The lowest BCUT2D eigenvalue weighted by Crippen LogP contribution is -2.36. The molecule has 0 radical (unpaired) electrons. The lowest BCUT2D eigenvalue weighted by atomic mass is 10.3. The highest BCUT2D eigenvalue weighted by Gasteiger charge is 2.15. The summed E-state index contributed by atoms with van der Waals surface area (Å²) in [5, 5.41) is 10.3. The number of likely N-dealkylation sites (N-methyl/N-ethyl adjacent to an activating group) is 1. The smallest absolute Gasteiger partial charge is 0.239 e. The van der Waals surface area contributed by atoms with Crippen molar-refractivity contribution in [1.82, 2.24) is 14.7 Å². The molecule has 2 amide bonds. The fourth-order valence-corrected chi connectivity index (χ4v) is 3.03. The summed E-state index contributed by atoms with van der Waals surface area (Å²) in [6.45, 7) is 1.79. The Labute approximate surface area is 178 Å². The Kier molecular flexibility index (Phi) is 6.81. The highest BCUT2D eigenvalue weighted by Crippen LogP contribution is 2.20. The van der Waals surface area contributed by atoms with Crippen molar-refractivity contribution in [1.29, 1.82) is 0 Å². The van der Waals surface area contributed by atoms with Crippen LogP contribution >= 0.6 is 11.6 Å². The van der Waals surface area contributed by atoms with Crippen LogP contribution in [-0.2, 0) is 9.59 Å². The Morgan fingerprint density at radius 3 is 2.37 bits per heavy atom. The molecule has 0 aliphatic rings. The predicted octanol–water partition coefficient (Wildman–Crippen LogP) is 3.48. The van der Waals surface area contributed by atoms with Crippen LogP contribution in [-0.4, -0.2) is 46.6 Å². The molecule has 3 rings (SSSR count). The van der Waals surface area contributed by atoms with Crippen LogP contribution in [0, 0.1) is 12.7 Å². The summed E-state index contributed by atoms with van der Waals surface area (Å²) < 4.78 is 14.7. The van der Waals surface area contributed by atoms with E-state index in [0.717, 1.165) is 0 Å². The SMILES string of the molecule is Cc1cc(NC(=O)CN(C)CC(=O)Nc2ccccc2Cl)n(-c2ccc(F)cc2)n1. The normalized spacial score (nSPS) is 10.8. The van der Waals surface area contributed by atoms with Crippen molar-refractivity contribution in [2.45, 2.75) is 6.92 Å². The van der Waals surface area contributed by atoms with Gasteiger partial charge in [-0.1, -0.05) is 23.7 Å². The molecule has 0 atom stereocenters. The van der Waals surface area contributed by atoms with Gasteiger partial charge in [0.2, 0.25) is 11.8 Å². The average molecular weight is 430 g/mol. The minimum absolute atomic E-state index is 0.00882. The molecule has 7 nitrogen and oxygen atoms in total. The standard InChI is InChI=1S/C21H21ClFN5O2/c1-14-11-19(28(26-14)16-9-7-15(23)8-10-16)25-21(30)13-27(2)12-20(29)24-18-6-4-3-5-17(18)22/h3-11H,12-13H2,1-2H3,(H,24,29)(H,25,30). The van der Waals surface area contributed by atoms with Gasteiger partial charge in [0.05, 0.1) is 35.2 Å². The van der Waals surface area contributed by atoms with Crippen molar-refractivity contribution >= 4 is 34.9 Å². The van der Waals surface area contributed by atoms with Gasteiger partial charge in [0.25, 0.3) is 0 Å². The number of benzene rings is 2. The van der Waals surface area contributed by atoms with Crippen LogP contribution in [0.25, 0.3) is 5.69 Å². The first-order chi connectivity index (χ1) is 14.3. The lowest BCUT2D eigenvalue weighted by Gasteiger charge is -2.16. The van der Waals surface area contributed by atoms with E-state index in [1.165, 1.54) is 16.8 Å². The van der Waals surface area contributed by atoms with Crippen LogP contribution in [0.2, 0.25) is 5.02 Å². The number of aromatic nitrogens is 2. The zero-order chi connectivity index (χ0) is 21.7. The zero-order valence-electron chi connectivity index (χ0n) is 16.5. The first kappa shape index (κ1) is 21.5. The number of rotatable bonds is 7. The maximum absolute atomic E-state index is 13.2. The van der Waals surface area contributed by atoms with E-state index in [0.29, 0.717) is 27.9 Å². The Morgan fingerprint density at radius 1 is 1.07 bits per heavy atom. The summed E-state index contributed by atoms with van der Waals surface area (Å²) in [6.07, 6.45) is 0. The number of halogens is 2. The van der Waals surface area contributed by atoms with E-state index in [2.05, 4.69) is 15.7 Å². The summed E-state index contributed by atoms with van der Waals surface area (Å²) in [5.74, 6) is -0.500. The molecule has 0 bridgehead atoms. The van der Waals surface area contributed by atoms with Gasteiger partial charge in [-0.2, -0.15) is 5.10 Å². The molecule has 9 heteroatoms. The van der Waals surface area contributed by atoms with Crippen molar-refractivity contribution in [2.24, 2.45) is 0 Å². The van der Waals surface area contributed by atoms with Gasteiger partial charge in [0.15, 0.2) is 0 Å². The quantitative estimate of drug-likeness (QED) is 0.602. The van der Waals surface area contributed by atoms with Crippen molar-refractivity contribution in [3.63, 3.8) is 0 Å². The Morgan fingerprint density at radius 2 is 1.70 bits per heavy atom. The fraction of sp³-hybridized carbons (Fsp3) is 0.190. The summed E-state index contributed by atoms with van der Waals surface area (Å²) in [5.41, 5.74) is 1.83. The number of anilines is 2. The number of hydrogen-bond acceptors (Lipinski definition) is 4. The van der Waals surface area contributed by atoms with Gasteiger partial charge >= 0.3 is 0 Å². The molecule has 0 saturated heterocycles. The number of carbonyl (C=O) groups is 2. The first-order valence-electron chi connectivity index (χ1n) is 9.17. The molecule has 30 heavy (non-hydrogen) atoms. The number of para-hydroxylation sites is 1. The molecular weight excluding hydrogens is 409 g/mol. The second kappa shape index (κ2) is 9.51. The van der Waals surface area contributed by atoms with E-state index in [9.17, 15) is 14.0 Å². The van der Waals surface area contributed by atoms with E-state index in [4.69, 9.17) is 11.6 Å². The summed E-state index contributed by atoms with van der Waals surface area (Å²) in [4.78, 5) is 26.2. The molecule has 3 aromatic rings. The summed E-state index contributed by atoms with van der Waals surface area (Å²) in [6, 6.07) is 14.4. The van der Waals surface area contributed by atoms with Crippen molar-refractivity contribution in [3.8, 4) is 5.69 Å².